The SMILES string of the molecule is CC(C)CNc1ccc(C(=O)N(C)C2CCS(=O)(=O)C2)nn1. The quantitative estimate of drug-likeness (QED) is 0.860. The van der Waals surface area contributed by atoms with Crippen molar-refractivity contribution in [3.8, 4) is 0 Å². The summed E-state index contributed by atoms with van der Waals surface area (Å²) >= 11 is 0. The van der Waals surface area contributed by atoms with Crippen LogP contribution in [0.1, 0.15) is 30.8 Å². The third-order valence-corrected chi connectivity index (χ3v) is 5.40. The van der Waals surface area contributed by atoms with Crippen LogP contribution < -0.4 is 5.32 Å². The lowest BCUT2D eigenvalue weighted by molar-refractivity contribution is 0.0740. The summed E-state index contributed by atoms with van der Waals surface area (Å²) in [5.41, 5.74) is 0.224. The van der Waals surface area contributed by atoms with E-state index >= 15 is 0 Å². The summed E-state index contributed by atoms with van der Waals surface area (Å²) in [6.07, 6.45) is 0.478. The lowest BCUT2D eigenvalue weighted by Gasteiger charge is -2.22. The van der Waals surface area contributed by atoms with Crippen molar-refractivity contribution in [2.45, 2.75) is 26.3 Å². The topological polar surface area (TPSA) is 92.3 Å². The molecule has 1 amide bonds. The lowest BCUT2D eigenvalue weighted by Crippen LogP contribution is -2.38. The molecule has 2 rings (SSSR count). The van der Waals surface area contributed by atoms with Crippen LogP contribution in [0, 0.1) is 5.92 Å². The van der Waals surface area contributed by atoms with Gasteiger partial charge in [0.1, 0.15) is 5.82 Å². The van der Waals surface area contributed by atoms with Crippen LogP contribution in [0.5, 0.6) is 0 Å². The maximum Gasteiger partial charge on any atom is 0.274 e. The van der Waals surface area contributed by atoms with Gasteiger partial charge in [-0.1, -0.05) is 13.8 Å². The minimum atomic E-state index is -3.02. The van der Waals surface area contributed by atoms with E-state index in [9.17, 15) is 13.2 Å². The Balaban J connectivity index is 2.00. The lowest BCUT2D eigenvalue weighted by atomic mass is 10.2. The van der Waals surface area contributed by atoms with Gasteiger partial charge in [0.15, 0.2) is 15.5 Å². The molecule has 0 saturated carbocycles. The van der Waals surface area contributed by atoms with E-state index in [1.54, 1.807) is 19.2 Å². The van der Waals surface area contributed by atoms with Crippen molar-refractivity contribution in [2.75, 3.05) is 30.4 Å². The van der Waals surface area contributed by atoms with E-state index in [1.165, 1.54) is 4.90 Å². The van der Waals surface area contributed by atoms with Gasteiger partial charge in [-0.15, -0.1) is 10.2 Å². The van der Waals surface area contributed by atoms with Crippen LogP contribution in [0.2, 0.25) is 0 Å². The minimum absolute atomic E-state index is 0.0245. The number of nitrogens with zero attached hydrogens (tertiary/aromatic N) is 3. The molecule has 1 aromatic heterocycles. The van der Waals surface area contributed by atoms with Crippen LogP contribution in [0.15, 0.2) is 12.1 Å². The first kappa shape index (κ1) is 16.7. The van der Waals surface area contributed by atoms with Gasteiger partial charge in [0.25, 0.3) is 5.91 Å². The first-order valence-corrected chi connectivity index (χ1v) is 9.16. The van der Waals surface area contributed by atoms with Crippen LogP contribution in [0.4, 0.5) is 5.82 Å². The Hall–Kier alpha value is -1.70. The third kappa shape index (κ3) is 4.16. The number of hydrogen-bond acceptors (Lipinski definition) is 6. The number of nitrogens with one attached hydrogen (secondary N) is 1. The number of anilines is 1. The van der Waals surface area contributed by atoms with E-state index < -0.39 is 9.84 Å². The molecular weight excluding hydrogens is 304 g/mol. The maximum absolute atomic E-state index is 12.3. The molecule has 0 spiro atoms. The van der Waals surface area contributed by atoms with Crippen molar-refractivity contribution >= 4 is 21.6 Å². The highest BCUT2D eigenvalue weighted by atomic mass is 32.2. The van der Waals surface area contributed by atoms with Gasteiger partial charge in [-0.2, -0.15) is 0 Å². The van der Waals surface area contributed by atoms with Crippen LogP contribution in [-0.2, 0) is 9.84 Å². The molecule has 1 unspecified atom stereocenters. The van der Waals surface area contributed by atoms with Gasteiger partial charge in [-0.3, -0.25) is 4.79 Å². The second kappa shape index (κ2) is 6.60. The highest BCUT2D eigenvalue weighted by Gasteiger charge is 2.33. The second-order valence-electron chi connectivity index (χ2n) is 6.05. The van der Waals surface area contributed by atoms with E-state index in [-0.39, 0.29) is 29.1 Å². The second-order valence-corrected chi connectivity index (χ2v) is 8.28. The van der Waals surface area contributed by atoms with Gasteiger partial charge in [0, 0.05) is 19.6 Å². The molecule has 1 N–H and O–H groups in total. The Labute approximate surface area is 131 Å². The summed E-state index contributed by atoms with van der Waals surface area (Å²) in [5.74, 6) is 0.968. The van der Waals surface area contributed by atoms with E-state index in [0.717, 1.165) is 6.54 Å². The molecule has 8 heteroatoms. The molecule has 0 radical (unpaired) electrons. The average Bonchev–Trinajstić information content (AvgIpc) is 2.84. The van der Waals surface area contributed by atoms with Gasteiger partial charge in [-0.05, 0) is 24.5 Å². The average molecular weight is 326 g/mol. The van der Waals surface area contributed by atoms with Crippen LogP contribution in [0.25, 0.3) is 0 Å². The summed E-state index contributed by atoms with van der Waals surface area (Å²) in [6.45, 7) is 4.95. The largest absolute Gasteiger partial charge is 0.368 e. The zero-order valence-corrected chi connectivity index (χ0v) is 13.9. The summed E-state index contributed by atoms with van der Waals surface area (Å²) in [4.78, 5) is 13.8. The van der Waals surface area contributed by atoms with Gasteiger partial charge in [0.2, 0.25) is 0 Å². The predicted molar refractivity (Wildman–Crippen MR) is 84.5 cm³/mol. The van der Waals surface area contributed by atoms with Crippen molar-refractivity contribution in [1.82, 2.24) is 15.1 Å². The first-order chi connectivity index (χ1) is 10.3. The van der Waals surface area contributed by atoms with E-state index in [4.69, 9.17) is 0 Å². The zero-order valence-electron chi connectivity index (χ0n) is 13.1. The highest BCUT2D eigenvalue weighted by molar-refractivity contribution is 7.91. The van der Waals surface area contributed by atoms with Crippen molar-refractivity contribution in [3.63, 3.8) is 0 Å². The molecule has 0 aromatic carbocycles. The third-order valence-electron chi connectivity index (χ3n) is 3.65. The molecule has 22 heavy (non-hydrogen) atoms. The summed E-state index contributed by atoms with van der Waals surface area (Å²) in [5, 5.41) is 11.0. The number of sulfone groups is 1. The zero-order chi connectivity index (χ0) is 16.3. The summed E-state index contributed by atoms with van der Waals surface area (Å²) in [7, 11) is -1.41. The fraction of sp³-hybridized carbons (Fsp3) is 0.643. The molecule has 1 atom stereocenters. The van der Waals surface area contributed by atoms with E-state index in [1.807, 2.05) is 0 Å². The van der Waals surface area contributed by atoms with Crippen LogP contribution in [-0.4, -0.2) is 60.6 Å². The monoisotopic (exact) mass is 326 g/mol. The Morgan fingerprint density at radius 3 is 2.64 bits per heavy atom. The first-order valence-electron chi connectivity index (χ1n) is 7.33. The molecule has 1 saturated heterocycles. The highest BCUT2D eigenvalue weighted by Crippen LogP contribution is 2.18. The molecule has 122 valence electrons. The molecule has 1 aromatic rings. The van der Waals surface area contributed by atoms with Gasteiger partial charge in [0.05, 0.1) is 11.5 Å². The normalized spacial score (nSPS) is 20.1. The Kier molecular flexibility index (Phi) is 5.00. The van der Waals surface area contributed by atoms with Crippen LogP contribution >= 0.6 is 0 Å². The molecule has 0 bridgehead atoms. The molecule has 7 nitrogen and oxygen atoms in total. The fourth-order valence-corrected chi connectivity index (χ4v) is 4.05. The van der Waals surface area contributed by atoms with Crippen LogP contribution in [0.3, 0.4) is 0 Å². The van der Waals surface area contributed by atoms with Crippen molar-refractivity contribution < 1.29 is 13.2 Å². The summed E-state index contributed by atoms with van der Waals surface area (Å²) < 4.78 is 23.0. The van der Waals surface area contributed by atoms with Gasteiger partial charge >= 0.3 is 0 Å². The number of carbonyl (C=O) groups excluding carboxylic acids is 1. The maximum atomic E-state index is 12.3. The van der Waals surface area contributed by atoms with Gasteiger partial charge < -0.3 is 10.2 Å². The number of aromatic nitrogens is 2. The summed E-state index contributed by atoms with van der Waals surface area (Å²) in [6, 6.07) is 3.04. The number of amides is 1. The molecular formula is C14H22N4O3S. The standard InChI is InChI=1S/C14H22N4O3S/c1-10(2)8-15-13-5-4-12(16-17-13)14(19)18(3)11-6-7-22(20,21)9-11/h4-5,10-11H,6-9H2,1-3H3,(H,15,17). The van der Waals surface area contributed by atoms with E-state index in [2.05, 4.69) is 29.4 Å². The van der Waals surface area contributed by atoms with Gasteiger partial charge in [-0.25, -0.2) is 8.42 Å². The Morgan fingerprint density at radius 1 is 1.41 bits per heavy atom. The smallest absolute Gasteiger partial charge is 0.274 e. The fourth-order valence-electron chi connectivity index (χ4n) is 2.28. The van der Waals surface area contributed by atoms with Crippen molar-refractivity contribution in [1.29, 1.82) is 0 Å². The molecule has 2 heterocycles. The van der Waals surface area contributed by atoms with E-state index in [0.29, 0.717) is 18.2 Å². The molecule has 0 aliphatic carbocycles. The molecule has 1 aliphatic rings. The van der Waals surface area contributed by atoms with Crippen molar-refractivity contribution in [3.05, 3.63) is 17.8 Å². The minimum Gasteiger partial charge on any atom is -0.368 e. The number of carbonyl (C=O) groups is 1. The van der Waals surface area contributed by atoms with Crippen molar-refractivity contribution in [2.24, 2.45) is 5.92 Å². The number of hydrogen-bond donors (Lipinski definition) is 1. The molecule has 1 aliphatic heterocycles. The molecule has 1 fully saturated rings. The predicted octanol–water partition coefficient (Wildman–Crippen LogP) is 0.804. The Morgan fingerprint density at radius 2 is 2.14 bits per heavy atom. The Bertz CT molecular complexity index is 628. The number of rotatable bonds is 5.